The summed E-state index contributed by atoms with van der Waals surface area (Å²) in [7, 11) is 0. The number of nitrogens with zero attached hydrogens (tertiary/aromatic N) is 4. The SMILES string of the molecule is CCOC(=O)C1CCCN(c2ncnc(Nc3ccc(C)cc3C)c2[N+](=O)[O-])C1. The van der Waals surface area contributed by atoms with Crippen LogP contribution in [0.25, 0.3) is 0 Å². The van der Waals surface area contributed by atoms with Crippen molar-refractivity contribution in [2.75, 3.05) is 29.9 Å². The average Bonchev–Trinajstić information content (AvgIpc) is 2.70. The Balaban J connectivity index is 1.92. The Bertz CT molecular complexity index is 918. The third kappa shape index (κ3) is 4.61. The molecule has 0 radical (unpaired) electrons. The van der Waals surface area contributed by atoms with Crippen LogP contribution in [0.2, 0.25) is 0 Å². The minimum Gasteiger partial charge on any atom is -0.466 e. The van der Waals surface area contributed by atoms with Crippen molar-refractivity contribution in [2.24, 2.45) is 5.92 Å². The van der Waals surface area contributed by atoms with Crippen LogP contribution in [0, 0.1) is 29.9 Å². The first-order valence-corrected chi connectivity index (χ1v) is 9.66. The highest BCUT2D eigenvalue weighted by Crippen LogP contribution is 2.36. The fourth-order valence-corrected chi connectivity index (χ4v) is 3.56. The predicted octanol–water partition coefficient (Wildman–Crippen LogP) is 3.52. The van der Waals surface area contributed by atoms with Crippen LogP contribution in [0.15, 0.2) is 24.5 Å². The molecule has 1 N–H and O–H groups in total. The topological polar surface area (TPSA) is 110 Å². The molecule has 1 aromatic heterocycles. The number of carbonyl (C=O) groups is 1. The van der Waals surface area contributed by atoms with Gasteiger partial charge in [0.05, 0.1) is 17.4 Å². The Hall–Kier alpha value is -3.23. The molecule has 2 heterocycles. The number of hydrogen-bond acceptors (Lipinski definition) is 8. The van der Waals surface area contributed by atoms with Crippen LogP contribution in [0.3, 0.4) is 0 Å². The summed E-state index contributed by atoms with van der Waals surface area (Å²) in [5, 5.41) is 15.0. The Labute approximate surface area is 169 Å². The maximum Gasteiger partial charge on any atom is 0.353 e. The molecule has 9 heteroatoms. The maximum absolute atomic E-state index is 12.1. The second kappa shape index (κ2) is 8.85. The molecule has 3 rings (SSSR count). The lowest BCUT2D eigenvalue weighted by atomic mass is 9.98. The van der Waals surface area contributed by atoms with Gasteiger partial charge in [-0.1, -0.05) is 17.7 Å². The number of esters is 1. The van der Waals surface area contributed by atoms with E-state index >= 15 is 0 Å². The van der Waals surface area contributed by atoms with Crippen molar-refractivity contribution in [1.82, 2.24) is 9.97 Å². The largest absolute Gasteiger partial charge is 0.466 e. The van der Waals surface area contributed by atoms with Crippen molar-refractivity contribution < 1.29 is 14.5 Å². The number of anilines is 3. The highest BCUT2D eigenvalue weighted by Gasteiger charge is 2.33. The van der Waals surface area contributed by atoms with Gasteiger partial charge in [0, 0.05) is 18.8 Å². The Kier molecular flexibility index (Phi) is 6.26. The molecule has 1 unspecified atom stereocenters. The third-order valence-corrected chi connectivity index (χ3v) is 4.96. The van der Waals surface area contributed by atoms with Crippen molar-refractivity contribution in [3.8, 4) is 0 Å². The molecule has 0 saturated carbocycles. The standard InChI is InChI=1S/C20H25N5O4/c1-4-29-20(26)15-6-5-9-24(11-15)19-17(25(27)28)18(21-12-22-19)23-16-8-7-13(2)10-14(16)3/h7-8,10,12,15H,4-6,9,11H2,1-3H3,(H,21,22,23). The summed E-state index contributed by atoms with van der Waals surface area (Å²) in [6.07, 6.45) is 2.73. The van der Waals surface area contributed by atoms with Crippen LogP contribution < -0.4 is 10.2 Å². The number of nitrogens with one attached hydrogen (secondary N) is 1. The highest BCUT2D eigenvalue weighted by atomic mass is 16.6. The van der Waals surface area contributed by atoms with Gasteiger partial charge in [-0.2, -0.15) is 0 Å². The lowest BCUT2D eigenvalue weighted by Crippen LogP contribution is -2.40. The number of hydrogen-bond donors (Lipinski definition) is 1. The fourth-order valence-electron chi connectivity index (χ4n) is 3.56. The van der Waals surface area contributed by atoms with E-state index in [4.69, 9.17) is 4.74 Å². The molecule has 1 atom stereocenters. The Morgan fingerprint density at radius 2 is 2.17 bits per heavy atom. The number of piperidine rings is 1. The van der Waals surface area contributed by atoms with Gasteiger partial charge in [-0.05, 0) is 45.2 Å². The number of carbonyl (C=O) groups excluding carboxylic acids is 1. The van der Waals surface area contributed by atoms with E-state index in [1.54, 1.807) is 11.8 Å². The second-order valence-corrected chi connectivity index (χ2v) is 7.13. The van der Waals surface area contributed by atoms with Gasteiger partial charge < -0.3 is 15.0 Å². The number of ether oxygens (including phenoxy) is 1. The Morgan fingerprint density at radius 3 is 2.86 bits per heavy atom. The van der Waals surface area contributed by atoms with Crippen molar-refractivity contribution >= 4 is 29.0 Å². The molecular formula is C20H25N5O4. The average molecular weight is 399 g/mol. The van der Waals surface area contributed by atoms with Gasteiger partial charge in [-0.15, -0.1) is 0 Å². The molecule has 0 bridgehead atoms. The van der Waals surface area contributed by atoms with E-state index in [9.17, 15) is 14.9 Å². The van der Waals surface area contributed by atoms with Crippen LogP contribution in [0.4, 0.5) is 23.0 Å². The molecule has 1 fully saturated rings. The van der Waals surface area contributed by atoms with E-state index in [1.165, 1.54) is 6.33 Å². The first kappa shape index (κ1) is 20.5. The van der Waals surface area contributed by atoms with Crippen molar-refractivity contribution in [2.45, 2.75) is 33.6 Å². The summed E-state index contributed by atoms with van der Waals surface area (Å²) < 4.78 is 5.12. The summed E-state index contributed by atoms with van der Waals surface area (Å²) >= 11 is 0. The van der Waals surface area contributed by atoms with E-state index in [-0.39, 0.29) is 29.2 Å². The van der Waals surface area contributed by atoms with Crippen molar-refractivity contribution in [3.05, 3.63) is 45.8 Å². The predicted molar refractivity (Wildman–Crippen MR) is 109 cm³/mol. The van der Waals surface area contributed by atoms with Crippen molar-refractivity contribution in [1.29, 1.82) is 0 Å². The van der Waals surface area contributed by atoms with Gasteiger partial charge in [0.2, 0.25) is 11.6 Å². The van der Waals surface area contributed by atoms with E-state index in [1.807, 2.05) is 32.0 Å². The van der Waals surface area contributed by atoms with Crippen molar-refractivity contribution in [3.63, 3.8) is 0 Å². The fraction of sp³-hybridized carbons (Fsp3) is 0.450. The molecule has 2 aromatic rings. The van der Waals surface area contributed by atoms with Gasteiger partial charge in [0.25, 0.3) is 0 Å². The number of rotatable bonds is 6. The van der Waals surface area contributed by atoms with Gasteiger partial charge in [0.15, 0.2) is 0 Å². The van der Waals surface area contributed by atoms with E-state index in [2.05, 4.69) is 15.3 Å². The minimum atomic E-state index is -0.477. The Morgan fingerprint density at radius 1 is 1.38 bits per heavy atom. The van der Waals surface area contributed by atoms with E-state index in [0.29, 0.717) is 26.1 Å². The zero-order valence-corrected chi connectivity index (χ0v) is 16.8. The lowest BCUT2D eigenvalue weighted by molar-refractivity contribution is -0.383. The van der Waals surface area contributed by atoms with Gasteiger partial charge in [0.1, 0.15) is 6.33 Å². The lowest BCUT2D eigenvalue weighted by Gasteiger charge is -2.32. The zero-order chi connectivity index (χ0) is 21.0. The summed E-state index contributed by atoms with van der Waals surface area (Å²) in [6.45, 7) is 6.90. The molecule has 29 heavy (non-hydrogen) atoms. The van der Waals surface area contributed by atoms with Crippen LogP contribution in [-0.4, -0.2) is 40.6 Å². The summed E-state index contributed by atoms with van der Waals surface area (Å²) in [4.78, 5) is 33.6. The summed E-state index contributed by atoms with van der Waals surface area (Å²) in [5.74, 6) is -0.256. The molecule has 9 nitrogen and oxygen atoms in total. The minimum absolute atomic E-state index is 0.130. The molecule has 0 spiro atoms. The summed E-state index contributed by atoms with van der Waals surface area (Å²) in [6, 6.07) is 5.79. The zero-order valence-electron chi connectivity index (χ0n) is 16.8. The molecule has 1 aliphatic rings. The number of benzene rings is 1. The highest BCUT2D eigenvalue weighted by molar-refractivity contribution is 5.77. The molecule has 154 valence electrons. The number of aryl methyl sites for hydroxylation is 2. The first-order chi connectivity index (χ1) is 13.9. The molecule has 1 aliphatic heterocycles. The van der Waals surface area contributed by atoms with E-state index < -0.39 is 4.92 Å². The van der Waals surface area contributed by atoms with Crippen LogP contribution in [-0.2, 0) is 9.53 Å². The molecule has 1 saturated heterocycles. The van der Waals surface area contributed by atoms with Crippen LogP contribution in [0.5, 0.6) is 0 Å². The second-order valence-electron chi connectivity index (χ2n) is 7.13. The summed E-state index contributed by atoms with van der Waals surface area (Å²) in [5.41, 5.74) is 2.60. The van der Waals surface area contributed by atoms with Crippen LogP contribution >= 0.6 is 0 Å². The number of nitro groups is 1. The number of aromatic nitrogens is 2. The quantitative estimate of drug-likeness (QED) is 0.446. The van der Waals surface area contributed by atoms with E-state index in [0.717, 1.165) is 23.2 Å². The smallest absolute Gasteiger partial charge is 0.353 e. The molecular weight excluding hydrogens is 374 g/mol. The molecule has 0 aliphatic carbocycles. The molecule has 0 amide bonds. The maximum atomic E-state index is 12.1. The third-order valence-electron chi connectivity index (χ3n) is 4.96. The van der Waals surface area contributed by atoms with Crippen LogP contribution in [0.1, 0.15) is 30.9 Å². The normalized spacial score (nSPS) is 16.4. The monoisotopic (exact) mass is 399 g/mol. The van der Waals surface area contributed by atoms with Gasteiger partial charge in [-0.3, -0.25) is 14.9 Å². The van der Waals surface area contributed by atoms with Gasteiger partial charge >= 0.3 is 11.7 Å². The van der Waals surface area contributed by atoms with Gasteiger partial charge in [-0.25, -0.2) is 9.97 Å². The first-order valence-electron chi connectivity index (χ1n) is 9.66. The molecule has 1 aromatic carbocycles.